The largest absolute Gasteiger partial charge is 0.573 e. The first kappa shape index (κ1) is 26.4. The zero-order chi connectivity index (χ0) is 26.7. The molecule has 0 amide bonds. The second-order valence-electron chi connectivity index (χ2n) is 8.15. The van der Waals surface area contributed by atoms with Crippen LogP contribution in [0.5, 0.6) is 11.5 Å². The number of ether oxygens (including phenoxy) is 2. The number of nitrogens with zero attached hydrogens (tertiary/aromatic N) is 3. The number of aliphatic hydroxyl groups is 1. The molecule has 0 bridgehead atoms. The Morgan fingerprint density at radius 3 is 2.27 bits per heavy atom. The number of halogens is 4. The van der Waals surface area contributed by atoms with Crippen LogP contribution in [0.1, 0.15) is 18.9 Å². The summed E-state index contributed by atoms with van der Waals surface area (Å²) in [6.07, 6.45) is -5.58. The maximum absolute atomic E-state index is 13.5. The van der Waals surface area contributed by atoms with E-state index in [2.05, 4.69) is 10.1 Å². The molecule has 2 aromatic carbocycles. The van der Waals surface area contributed by atoms with Crippen LogP contribution < -0.4 is 30.9 Å². The summed E-state index contributed by atoms with van der Waals surface area (Å²) in [6, 6.07) is 11.8. The van der Waals surface area contributed by atoms with E-state index < -0.39 is 29.7 Å². The van der Waals surface area contributed by atoms with Crippen LogP contribution in [0.15, 0.2) is 58.1 Å². The molecule has 198 valence electrons. The van der Waals surface area contributed by atoms with Gasteiger partial charge in [0.25, 0.3) is 11.9 Å². The molecule has 2 heterocycles. The van der Waals surface area contributed by atoms with E-state index in [4.69, 9.17) is 16.3 Å². The number of aliphatic hydroxyl groups excluding tert-OH is 1. The van der Waals surface area contributed by atoms with E-state index in [9.17, 15) is 27.9 Å². The second kappa shape index (κ2) is 10.8. The molecule has 0 saturated carbocycles. The van der Waals surface area contributed by atoms with Crippen molar-refractivity contribution in [1.82, 2.24) is 9.13 Å². The van der Waals surface area contributed by atoms with E-state index in [0.717, 1.165) is 22.3 Å². The SMILES string of the molecule is CCn1c2c(c(=O)n(CCCO)c1=O)N(Cc1ccc(Cl)cc1)C(Oc1ccc(OC(F)(F)F)cc1)N2. The highest BCUT2D eigenvalue weighted by Gasteiger charge is 2.37. The number of hydrogen-bond acceptors (Lipinski definition) is 7. The highest BCUT2D eigenvalue weighted by molar-refractivity contribution is 6.30. The van der Waals surface area contributed by atoms with Gasteiger partial charge in [-0.2, -0.15) is 0 Å². The van der Waals surface area contributed by atoms with Crippen LogP contribution in [0.2, 0.25) is 5.02 Å². The molecule has 0 radical (unpaired) electrons. The molecule has 37 heavy (non-hydrogen) atoms. The number of nitrogens with one attached hydrogen (secondary N) is 1. The van der Waals surface area contributed by atoms with Crippen LogP contribution in [-0.4, -0.2) is 33.6 Å². The molecule has 1 aromatic heterocycles. The molecule has 0 aliphatic carbocycles. The molecular formula is C24H24ClF3N4O5. The predicted octanol–water partition coefficient (Wildman–Crippen LogP) is 3.76. The summed E-state index contributed by atoms with van der Waals surface area (Å²) in [5.74, 6) is 0.0489. The van der Waals surface area contributed by atoms with Crippen LogP contribution in [0.3, 0.4) is 0 Å². The molecule has 1 atom stereocenters. The normalized spacial score (nSPS) is 14.9. The van der Waals surface area contributed by atoms with E-state index in [0.29, 0.717) is 5.02 Å². The van der Waals surface area contributed by atoms with Crippen LogP contribution in [-0.2, 0) is 19.6 Å². The van der Waals surface area contributed by atoms with Gasteiger partial charge in [0.1, 0.15) is 23.0 Å². The Kier molecular flexibility index (Phi) is 7.69. The van der Waals surface area contributed by atoms with Crippen LogP contribution in [0.25, 0.3) is 0 Å². The molecule has 0 fully saturated rings. The highest BCUT2D eigenvalue weighted by Crippen LogP contribution is 2.34. The van der Waals surface area contributed by atoms with Crippen molar-refractivity contribution in [2.45, 2.75) is 45.7 Å². The quantitative estimate of drug-likeness (QED) is 0.426. The van der Waals surface area contributed by atoms with Gasteiger partial charge in [0.05, 0.1) is 0 Å². The highest BCUT2D eigenvalue weighted by atomic mass is 35.5. The Morgan fingerprint density at radius 2 is 1.68 bits per heavy atom. The van der Waals surface area contributed by atoms with E-state index >= 15 is 0 Å². The average molecular weight is 541 g/mol. The minimum absolute atomic E-state index is 0.0302. The summed E-state index contributed by atoms with van der Waals surface area (Å²) < 4.78 is 49.9. The molecular weight excluding hydrogens is 517 g/mol. The van der Waals surface area contributed by atoms with Crippen LogP contribution >= 0.6 is 11.6 Å². The van der Waals surface area contributed by atoms with Gasteiger partial charge in [-0.25, -0.2) is 4.79 Å². The fraction of sp³-hybridized carbons (Fsp3) is 0.333. The molecule has 1 aliphatic heterocycles. The second-order valence-corrected chi connectivity index (χ2v) is 8.58. The van der Waals surface area contributed by atoms with Crippen molar-refractivity contribution in [2.75, 3.05) is 16.8 Å². The molecule has 0 saturated heterocycles. The summed E-state index contributed by atoms with van der Waals surface area (Å²) in [4.78, 5) is 28.1. The minimum atomic E-state index is -4.83. The molecule has 4 rings (SSSR count). The van der Waals surface area contributed by atoms with Gasteiger partial charge >= 0.3 is 12.1 Å². The Morgan fingerprint density at radius 1 is 1.03 bits per heavy atom. The summed E-state index contributed by atoms with van der Waals surface area (Å²) in [5.41, 5.74) is -0.110. The lowest BCUT2D eigenvalue weighted by Gasteiger charge is -2.26. The number of rotatable bonds is 9. The summed E-state index contributed by atoms with van der Waals surface area (Å²) in [5, 5.41) is 12.8. The smallest absolute Gasteiger partial charge is 0.452 e. The maximum atomic E-state index is 13.5. The molecule has 1 unspecified atom stereocenters. The van der Waals surface area contributed by atoms with Crippen LogP contribution in [0, 0.1) is 0 Å². The van der Waals surface area contributed by atoms with Crippen molar-refractivity contribution in [2.24, 2.45) is 0 Å². The van der Waals surface area contributed by atoms with Crippen LogP contribution in [0.4, 0.5) is 24.7 Å². The standard InChI is InChI=1S/C24H24ClF3N4O5/c1-2-30-20-19(21(34)31(23(30)35)12-3-13-33)32(14-15-4-6-16(25)7-5-15)22(29-20)36-17-8-10-18(11-9-17)37-24(26,27)28/h4-11,22,29,33H,2-3,12-14H2,1H3. The van der Waals surface area contributed by atoms with E-state index in [1.165, 1.54) is 16.7 Å². The van der Waals surface area contributed by atoms with Gasteiger partial charge in [-0.15, -0.1) is 13.2 Å². The van der Waals surface area contributed by atoms with Crippen molar-refractivity contribution in [3.05, 3.63) is 80.0 Å². The third-order valence-corrected chi connectivity index (χ3v) is 5.91. The third kappa shape index (κ3) is 5.86. The molecule has 1 aliphatic rings. The van der Waals surface area contributed by atoms with E-state index in [1.54, 1.807) is 36.1 Å². The first-order chi connectivity index (χ1) is 17.6. The van der Waals surface area contributed by atoms with Gasteiger partial charge in [-0.05, 0) is 55.3 Å². The molecule has 2 N–H and O–H groups in total. The Hall–Kier alpha value is -3.64. The van der Waals surface area contributed by atoms with Crippen molar-refractivity contribution < 1.29 is 27.8 Å². The zero-order valence-electron chi connectivity index (χ0n) is 19.7. The predicted molar refractivity (Wildman–Crippen MR) is 131 cm³/mol. The van der Waals surface area contributed by atoms with Crippen molar-refractivity contribution in [3.8, 4) is 11.5 Å². The van der Waals surface area contributed by atoms with Gasteiger partial charge in [0.2, 0.25) is 0 Å². The Bertz CT molecular complexity index is 1360. The lowest BCUT2D eigenvalue weighted by atomic mass is 10.2. The minimum Gasteiger partial charge on any atom is -0.452 e. The topological polar surface area (TPSA) is 98.0 Å². The first-order valence-electron chi connectivity index (χ1n) is 11.4. The van der Waals surface area contributed by atoms with Gasteiger partial charge < -0.3 is 24.8 Å². The van der Waals surface area contributed by atoms with Crippen molar-refractivity contribution in [1.29, 1.82) is 0 Å². The fourth-order valence-electron chi connectivity index (χ4n) is 4.01. The monoisotopic (exact) mass is 540 g/mol. The van der Waals surface area contributed by atoms with Gasteiger partial charge in [-0.1, -0.05) is 23.7 Å². The summed E-state index contributed by atoms with van der Waals surface area (Å²) in [6.45, 7) is 2.03. The molecule has 3 aromatic rings. The molecule has 9 nitrogen and oxygen atoms in total. The number of benzene rings is 2. The molecule has 13 heteroatoms. The van der Waals surface area contributed by atoms with Gasteiger partial charge in [-0.3, -0.25) is 13.9 Å². The number of anilines is 2. The Balaban J connectivity index is 1.73. The van der Waals surface area contributed by atoms with Crippen molar-refractivity contribution >= 4 is 23.1 Å². The number of hydrogen-bond donors (Lipinski definition) is 2. The maximum Gasteiger partial charge on any atom is 0.573 e. The average Bonchev–Trinajstić information content (AvgIpc) is 3.18. The van der Waals surface area contributed by atoms with E-state index in [1.807, 2.05) is 0 Å². The number of aromatic nitrogens is 2. The Labute approximate surface area is 214 Å². The lowest BCUT2D eigenvalue weighted by molar-refractivity contribution is -0.274. The summed E-state index contributed by atoms with van der Waals surface area (Å²) >= 11 is 6.01. The fourth-order valence-corrected chi connectivity index (χ4v) is 4.14. The number of fused-ring (bicyclic) bond motifs is 1. The van der Waals surface area contributed by atoms with Gasteiger partial charge in [0.15, 0.2) is 0 Å². The molecule has 0 spiro atoms. The third-order valence-electron chi connectivity index (χ3n) is 5.66. The zero-order valence-corrected chi connectivity index (χ0v) is 20.4. The number of alkyl halides is 3. The van der Waals surface area contributed by atoms with Gasteiger partial charge in [0, 0.05) is 31.3 Å². The van der Waals surface area contributed by atoms with E-state index in [-0.39, 0.29) is 49.9 Å². The first-order valence-corrected chi connectivity index (χ1v) is 11.8. The van der Waals surface area contributed by atoms with Crippen molar-refractivity contribution in [3.63, 3.8) is 0 Å². The summed E-state index contributed by atoms with van der Waals surface area (Å²) in [7, 11) is 0. The lowest BCUT2D eigenvalue weighted by Crippen LogP contribution is -2.43.